The average molecular weight is 174 g/mol. The van der Waals surface area contributed by atoms with Gasteiger partial charge in [0, 0.05) is 0 Å². The fourth-order valence-corrected chi connectivity index (χ4v) is 0.954. The highest BCUT2D eigenvalue weighted by Gasteiger charge is 2.10. The van der Waals surface area contributed by atoms with E-state index in [0.29, 0.717) is 13.0 Å². The van der Waals surface area contributed by atoms with Gasteiger partial charge in [0.05, 0.1) is 19.1 Å². The minimum atomic E-state index is -0.524. The van der Waals surface area contributed by atoms with E-state index in [1.165, 1.54) is 0 Å². The molecule has 0 heterocycles. The Kier molecular flexibility index (Phi) is 6.76. The highest BCUT2D eigenvalue weighted by molar-refractivity contribution is 5.69. The molecule has 0 bridgehead atoms. The molecular weight excluding hydrogens is 156 g/mol. The van der Waals surface area contributed by atoms with Crippen molar-refractivity contribution < 1.29 is 14.6 Å². The first-order chi connectivity index (χ1) is 5.70. The Morgan fingerprint density at radius 1 is 1.50 bits per heavy atom. The third-order valence-corrected chi connectivity index (χ3v) is 1.60. The van der Waals surface area contributed by atoms with Crippen molar-refractivity contribution >= 4 is 5.97 Å². The number of hydrogen-bond acceptors (Lipinski definition) is 3. The molecule has 3 nitrogen and oxygen atoms in total. The van der Waals surface area contributed by atoms with E-state index in [2.05, 4.69) is 6.92 Å². The van der Waals surface area contributed by atoms with Gasteiger partial charge in [0.25, 0.3) is 0 Å². The van der Waals surface area contributed by atoms with Crippen molar-refractivity contribution in [3.05, 3.63) is 0 Å². The number of esters is 1. The van der Waals surface area contributed by atoms with Gasteiger partial charge in [-0.15, -0.1) is 0 Å². The SMILES string of the molecule is CCCCC(O)CC(=O)OCC. The van der Waals surface area contributed by atoms with Crippen molar-refractivity contribution in [2.24, 2.45) is 0 Å². The molecule has 0 aromatic heterocycles. The zero-order valence-corrected chi connectivity index (χ0v) is 7.88. The lowest BCUT2D eigenvalue weighted by atomic mass is 10.1. The Bertz CT molecular complexity index is 123. The van der Waals surface area contributed by atoms with Gasteiger partial charge in [-0.25, -0.2) is 0 Å². The van der Waals surface area contributed by atoms with E-state index >= 15 is 0 Å². The summed E-state index contributed by atoms with van der Waals surface area (Å²) in [5.74, 6) is -0.305. The Balaban J connectivity index is 3.40. The van der Waals surface area contributed by atoms with Gasteiger partial charge in [0.1, 0.15) is 0 Å². The number of ether oxygens (including phenoxy) is 1. The molecule has 1 N–H and O–H groups in total. The van der Waals surface area contributed by atoms with E-state index in [4.69, 9.17) is 4.74 Å². The summed E-state index contributed by atoms with van der Waals surface area (Å²) in [4.78, 5) is 10.8. The van der Waals surface area contributed by atoms with Gasteiger partial charge in [0.2, 0.25) is 0 Å². The molecule has 0 radical (unpaired) electrons. The maximum atomic E-state index is 10.8. The van der Waals surface area contributed by atoms with Crippen molar-refractivity contribution in [3.8, 4) is 0 Å². The molecule has 0 spiro atoms. The first kappa shape index (κ1) is 11.4. The number of aliphatic hydroxyl groups is 1. The number of carbonyl (C=O) groups is 1. The molecule has 0 fully saturated rings. The van der Waals surface area contributed by atoms with Crippen LogP contribution in [-0.2, 0) is 9.53 Å². The van der Waals surface area contributed by atoms with Crippen LogP contribution in [0, 0.1) is 0 Å². The molecule has 0 aliphatic carbocycles. The lowest BCUT2D eigenvalue weighted by Crippen LogP contribution is -2.15. The van der Waals surface area contributed by atoms with Gasteiger partial charge < -0.3 is 9.84 Å². The van der Waals surface area contributed by atoms with Gasteiger partial charge in [0.15, 0.2) is 0 Å². The summed E-state index contributed by atoms with van der Waals surface area (Å²) in [6.45, 7) is 4.20. The predicted octanol–water partition coefficient (Wildman–Crippen LogP) is 1.49. The minimum Gasteiger partial charge on any atom is -0.466 e. The number of hydrogen-bond donors (Lipinski definition) is 1. The molecule has 3 heteroatoms. The Hall–Kier alpha value is -0.570. The molecule has 12 heavy (non-hydrogen) atoms. The number of rotatable bonds is 6. The van der Waals surface area contributed by atoms with E-state index < -0.39 is 6.10 Å². The summed E-state index contributed by atoms with van der Waals surface area (Å²) in [5, 5.41) is 9.28. The smallest absolute Gasteiger partial charge is 0.308 e. The lowest BCUT2D eigenvalue weighted by molar-refractivity contribution is -0.145. The fourth-order valence-electron chi connectivity index (χ4n) is 0.954. The molecule has 1 unspecified atom stereocenters. The minimum absolute atomic E-state index is 0.133. The van der Waals surface area contributed by atoms with Crippen LogP contribution < -0.4 is 0 Å². The summed E-state index contributed by atoms with van der Waals surface area (Å²) in [6.07, 6.45) is 2.30. The molecule has 1 atom stereocenters. The number of unbranched alkanes of at least 4 members (excludes halogenated alkanes) is 1. The van der Waals surface area contributed by atoms with E-state index in [0.717, 1.165) is 12.8 Å². The quantitative estimate of drug-likeness (QED) is 0.620. The largest absolute Gasteiger partial charge is 0.466 e. The van der Waals surface area contributed by atoms with Crippen molar-refractivity contribution in [1.82, 2.24) is 0 Å². The van der Waals surface area contributed by atoms with Crippen LogP contribution in [0.1, 0.15) is 39.5 Å². The highest BCUT2D eigenvalue weighted by atomic mass is 16.5. The molecule has 0 amide bonds. The average Bonchev–Trinajstić information content (AvgIpc) is 2.01. The highest BCUT2D eigenvalue weighted by Crippen LogP contribution is 2.04. The summed E-state index contributed by atoms with van der Waals surface area (Å²) >= 11 is 0. The zero-order valence-electron chi connectivity index (χ0n) is 7.88. The monoisotopic (exact) mass is 174 g/mol. The van der Waals surface area contributed by atoms with E-state index in [-0.39, 0.29) is 12.4 Å². The van der Waals surface area contributed by atoms with Gasteiger partial charge in [-0.05, 0) is 13.3 Å². The Morgan fingerprint density at radius 2 is 2.17 bits per heavy atom. The summed E-state index contributed by atoms with van der Waals surface area (Å²) < 4.78 is 4.69. The molecule has 0 aromatic rings. The van der Waals surface area contributed by atoms with Crippen LogP contribution in [0.15, 0.2) is 0 Å². The summed E-state index contributed by atoms with van der Waals surface area (Å²) in [7, 11) is 0. The van der Waals surface area contributed by atoms with E-state index in [1.807, 2.05) is 0 Å². The van der Waals surface area contributed by atoms with Crippen LogP contribution in [0.3, 0.4) is 0 Å². The predicted molar refractivity (Wildman–Crippen MR) is 46.8 cm³/mol. The maximum absolute atomic E-state index is 10.8. The van der Waals surface area contributed by atoms with Crippen molar-refractivity contribution in [3.63, 3.8) is 0 Å². The first-order valence-corrected chi connectivity index (χ1v) is 4.54. The third kappa shape index (κ3) is 6.16. The van der Waals surface area contributed by atoms with Crippen molar-refractivity contribution in [1.29, 1.82) is 0 Å². The van der Waals surface area contributed by atoms with Gasteiger partial charge >= 0.3 is 5.97 Å². The van der Waals surface area contributed by atoms with Crippen LogP contribution >= 0.6 is 0 Å². The van der Waals surface area contributed by atoms with Crippen molar-refractivity contribution in [2.75, 3.05) is 6.61 Å². The zero-order chi connectivity index (χ0) is 9.40. The maximum Gasteiger partial charge on any atom is 0.308 e. The van der Waals surface area contributed by atoms with Crippen LogP contribution in [0.5, 0.6) is 0 Å². The van der Waals surface area contributed by atoms with Crippen LogP contribution in [0.4, 0.5) is 0 Å². The van der Waals surface area contributed by atoms with E-state index in [9.17, 15) is 9.90 Å². The van der Waals surface area contributed by atoms with Gasteiger partial charge in [-0.2, -0.15) is 0 Å². The second kappa shape index (κ2) is 7.10. The second-order valence-corrected chi connectivity index (χ2v) is 2.81. The lowest BCUT2D eigenvalue weighted by Gasteiger charge is -2.08. The first-order valence-electron chi connectivity index (χ1n) is 4.54. The van der Waals surface area contributed by atoms with Crippen LogP contribution in [0.2, 0.25) is 0 Å². The third-order valence-electron chi connectivity index (χ3n) is 1.60. The second-order valence-electron chi connectivity index (χ2n) is 2.81. The molecule has 0 aliphatic heterocycles. The number of carbonyl (C=O) groups excluding carboxylic acids is 1. The van der Waals surface area contributed by atoms with Crippen molar-refractivity contribution in [2.45, 2.75) is 45.6 Å². The topological polar surface area (TPSA) is 46.5 Å². The molecule has 72 valence electrons. The fraction of sp³-hybridized carbons (Fsp3) is 0.889. The molecule has 0 aromatic carbocycles. The standard InChI is InChI=1S/C9H18O3/c1-3-5-6-8(10)7-9(11)12-4-2/h8,10H,3-7H2,1-2H3. The van der Waals surface area contributed by atoms with Gasteiger partial charge in [-0.1, -0.05) is 19.8 Å². The Labute approximate surface area is 73.7 Å². The molecular formula is C9H18O3. The number of aliphatic hydroxyl groups excluding tert-OH is 1. The normalized spacial score (nSPS) is 12.6. The van der Waals surface area contributed by atoms with Gasteiger partial charge in [-0.3, -0.25) is 4.79 Å². The van der Waals surface area contributed by atoms with Crippen LogP contribution in [-0.4, -0.2) is 23.8 Å². The molecule has 0 rings (SSSR count). The van der Waals surface area contributed by atoms with E-state index in [1.54, 1.807) is 6.92 Å². The summed E-state index contributed by atoms with van der Waals surface area (Å²) in [5.41, 5.74) is 0. The molecule has 0 saturated heterocycles. The Morgan fingerprint density at radius 3 is 2.67 bits per heavy atom. The molecule has 0 aliphatic rings. The summed E-state index contributed by atoms with van der Waals surface area (Å²) in [6, 6.07) is 0. The molecule has 0 saturated carbocycles. The van der Waals surface area contributed by atoms with Crippen LogP contribution in [0.25, 0.3) is 0 Å².